The number of nitrogens with two attached hydrogens (primary N) is 1. The second-order valence-corrected chi connectivity index (χ2v) is 5.50. The fraction of sp³-hybridized carbons (Fsp3) is 0.231. The van der Waals surface area contributed by atoms with E-state index in [0.29, 0.717) is 17.8 Å². The molecular formula is C13H15N5O2S. The predicted molar refractivity (Wildman–Crippen MR) is 79.4 cm³/mol. The Morgan fingerprint density at radius 2 is 2.29 bits per heavy atom. The minimum absolute atomic E-state index is 0.0483. The highest BCUT2D eigenvalue weighted by molar-refractivity contribution is 7.09. The van der Waals surface area contributed by atoms with Crippen molar-refractivity contribution in [2.45, 2.75) is 13.5 Å². The number of amidine groups is 1. The van der Waals surface area contributed by atoms with E-state index in [0.717, 1.165) is 10.7 Å². The average molecular weight is 305 g/mol. The molecule has 0 spiro atoms. The van der Waals surface area contributed by atoms with Gasteiger partial charge in [0.05, 0.1) is 17.2 Å². The van der Waals surface area contributed by atoms with Crippen LogP contribution in [0.15, 0.2) is 28.9 Å². The molecule has 110 valence electrons. The van der Waals surface area contributed by atoms with E-state index in [1.807, 2.05) is 12.3 Å². The molecule has 0 saturated heterocycles. The van der Waals surface area contributed by atoms with Gasteiger partial charge in [-0.05, 0) is 19.1 Å². The van der Waals surface area contributed by atoms with Gasteiger partial charge in [-0.15, -0.1) is 11.3 Å². The van der Waals surface area contributed by atoms with Crippen molar-refractivity contribution < 1.29 is 10.0 Å². The van der Waals surface area contributed by atoms with Gasteiger partial charge in [-0.1, -0.05) is 5.16 Å². The second-order valence-electron chi connectivity index (χ2n) is 4.44. The number of amides is 1. The highest BCUT2D eigenvalue weighted by Gasteiger charge is 2.15. The zero-order valence-corrected chi connectivity index (χ0v) is 12.5. The normalized spacial score (nSPS) is 11.4. The summed E-state index contributed by atoms with van der Waals surface area (Å²) in [7, 11) is 1.69. The third-order valence-electron chi connectivity index (χ3n) is 2.80. The number of nitrogens with zero attached hydrogens (tertiary/aromatic N) is 4. The fourth-order valence-electron chi connectivity index (χ4n) is 1.72. The molecule has 2 heterocycles. The van der Waals surface area contributed by atoms with E-state index < -0.39 is 0 Å². The predicted octanol–water partition coefficient (Wildman–Crippen LogP) is 1.21. The molecule has 0 unspecified atom stereocenters. The molecule has 0 aliphatic rings. The first-order valence-corrected chi connectivity index (χ1v) is 6.99. The molecule has 3 N–H and O–H groups in total. The van der Waals surface area contributed by atoms with E-state index in [-0.39, 0.29) is 11.7 Å². The van der Waals surface area contributed by atoms with Crippen LogP contribution in [0.2, 0.25) is 0 Å². The van der Waals surface area contributed by atoms with E-state index >= 15 is 0 Å². The molecule has 21 heavy (non-hydrogen) atoms. The molecule has 0 aliphatic heterocycles. The first kappa shape index (κ1) is 14.9. The van der Waals surface area contributed by atoms with Crippen molar-refractivity contribution in [3.63, 3.8) is 0 Å². The second kappa shape index (κ2) is 6.31. The molecule has 0 saturated carbocycles. The van der Waals surface area contributed by atoms with Crippen LogP contribution in [0.5, 0.6) is 0 Å². The standard InChI is InChI=1S/C13H15N5O2S/c1-8-16-10(7-21-8)6-18(2)13(19)11-4-3-9(5-15-11)12(14)17-20/h3-5,7,20H,6H2,1-2H3,(H2,14,17). The summed E-state index contributed by atoms with van der Waals surface area (Å²) in [6, 6.07) is 3.12. The molecule has 2 rings (SSSR count). The van der Waals surface area contributed by atoms with Crippen molar-refractivity contribution in [2.24, 2.45) is 10.9 Å². The van der Waals surface area contributed by atoms with Gasteiger partial charge in [0.1, 0.15) is 5.69 Å². The number of oxime groups is 1. The third-order valence-corrected chi connectivity index (χ3v) is 3.62. The summed E-state index contributed by atoms with van der Waals surface area (Å²) in [5.74, 6) is -0.264. The number of hydrogen-bond donors (Lipinski definition) is 2. The molecule has 0 aliphatic carbocycles. The number of carbonyl (C=O) groups is 1. The van der Waals surface area contributed by atoms with Gasteiger partial charge in [0.2, 0.25) is 0 Å². The highest BCUT2D eigenvalue weighted by atomic mass is 32.1. The Bertz CT molecular complexity index is 665. The highest BCUT2D eigenvalue weighted by Crippen LogP contribution is 2.11. The van der Waals surface area contributed by atoms with Crippen molar-refractivity contribution in [3.8, 4) is 0 Å². The van der Waals surface area contributed by atoms with Crippen LogP contribution in [-0.4, -0.2) is 38.9 Å². The monoisotopic (exact) mass is 305 g/mol. The van der Waals surface area contributed by atoms with Gasteiger partial charge in [-0.2, -0.15) is 0 Å². The number of carbonyl (C=O) groups excluding carboxylic acids is 1. The third kappa shape index (κ3) is 3.54. The SMILES string of the molecule is Cc1nc(CN(C)C(=O)c2ccc(C(N)=NO)cn2)cs1. The minimum atomic E-state index is -0.216. The van der Waals surface area contributed by atoms with Gasteiger partial charge < -0.3 is 15.8 Å². The Kier molecular flexibility index (Phi) is 4.49. The van der Waals surface area contributed by atoms with Gasteiger partial charge >= 0.3 is 0 Å². The van der Waals surface area contributed by atoms with Gasteiger partial charge in [0.15, 0.2) is 5.84 Å². The Morgan fingerprint density at radius 3 is 2.81 bits per heavy atom. The molecule has 1 amide bonds. The zero-order valence-electron chi connectivity index (χ0n) is 11.6. The lowest BCUT2D eigenvalue weighted by molar-refractivity contribution is 0.0778. The maximum absolute atomic E-state index is 12.2. The molecule has 0 bridgehead atoms. The van der Waals surface area contributed by atoms with Crippen LogP contribution >= 0.6 is 11.3 Å². The van der Waals surface area contributed by atoms with Crippen molar-refractivity contribution in [3.05, 3.63) is 45.7 Å². The van der Waals surface area contributed by atoms with Gasteiger partial charge in [0, 0.05) is 24.2 Å². The number of hydrogen-bond acceptors (Lipinski definition) is 6. The van der Waals surface area contributed by atoms with Gasteiger partial charge in [-0.3, -0.25) is 9.78 Å². The van der Waals surface area contributed by atoms with E-state index in [1.54, 1.807) is 35.4 Å². The number of thiazole rings is 1. The number of rotatable bonds is 4. The van der Waals surface area contributed by atoms with Crippen LogP contribution in [-0.2, 0) is 6.54 Å². The maximum atomic E-state index is 12.2. The Hall–Kier alpha value is -2.48. The molecule has 0 radical (unpaired) electrons. The first-order chi connectivity index (χ1) is 10.0. The molecule has 2 aromatic rings. The van der Waals surface area contributed by atoms with Crippen molar-refractivity contribution in [1.29, 1.82) is 0 Å². The maximum Gasteiger partial charge on any atom is 0.272 e. The quantitative estimate of drug-likeness (QED) is 0.382. The fourth-order valence-corrected chi connectivity index (χ4v) is 2.32. The lowest BCUT2D eigenvalue weighted by Crippen LogP contribution is -2.27. The summed E-state index contributed by atoms with van der Waals surface area (Å²) in [5.41, 5.74) is 7.03. The molecule has 0 aromatic carbocycles. The summed E-state index contributed by atoms with van der Waals surface area (Å²) < 4.78 is 0. The van der Waals surface area contributed by atoms with Crippen molar-refractivity contribution in [1.82, 2.24) is 14.9 Å². The Balaban J connectivity index is 2.08. The van der Waals surface area contributed by atoms with E-state index in [4.69, 9.17) is 10.9 Å². The van der Waals surface area contributed by atoms with Crippen LogP contribution in [0, 0.1) is 6.92 Å². The molecule has 0 fully saturated rings. The van der Waals surface area contributed by atoms with E-state index in [2.05, 4.69) is 15.1 Å². The topological polar surface area (TPSA) is 105 Å². The lowest BCUT2D eigenvalue weighted by atomic mass is 10.2. The summed E-state index contributed by atoms with van der Waals surface area (Å²) in [4.78, 5) is 22.1. The number of aromatic nitrogens is 2. The van der Waals surface area contributed by atoms with Gasteiger partial charge in [-0.25, -0.2) is 4.98 Å². The Morgan fingerprint density at radius 1 is 1.52 bits per heavy atom. The number of aryl methyl sites for hydroxylation is 1. The molecule has 8 heteroatoms. The molecule has 7 nitrogen and oxygen atoms in total. The molecule has 2 aromatic heterocycles. The summed E-state index contributed by atoms with van der Waals surface area (Å²) in [6.07, 6.45) is 1.39. The minimum Gasteiger partial charge on any atom is -0.409 e. The van der Waals surface area contributed by atoms with Crippen LogP contribution in [0.25, 0.3) is 0 Å². The zero-order chi connectivity index (χ0) is 15.4. The smallest absolute Gasteiger partial charge is 0.272 e. The van der Waals surface area contributed by atoms with Crippen LogP contribution in [0.1, 0.15) is 26.8 Å². The molecule has 0 atom stereocenters. The largest absolute Gasteiger partial charge is 0.409 e. The van der Waals surface area contributed by atoms with E-state index in [1.165, 1.54) is 6.20 Å². The summed E-state index contributed by atoms with van der Waals surface area (Å²) in [5, 5.41) is 14.3. The van der Waals surface area contributed by atoms with Crippen LogP contribution < -0.4 is 5.73 Å². The molecular weight excluding hydrogens is 290 g/mol. The average Bonchev–Trinajstić information content (AvgIpc) is 2.90. The first-order valence-electron chi connectivity index (χ1n) is 6.11. The summed E-state index contributed by atoms with van der Waals surface area (Å²) in [6.45, 7) is 2.34. The lowest BCUT2D eigenvalue weighted by Gasteiger charge is -2.15. The van der Waals surface area contributed by atoms with E-state index in [9.17, 15) is 4.79 Å². The summed E-state index contributed by atoms with van der Waals surface area (Å²) >= 11 is 1.55. The van der Waals surface area contributed by atoms with Crippen molar-refractivity contribution >= 4 is 23.1 Å². The number of pyridine rings is 1. The van der Waals surface area contributed by atoms with Gasteiger partial charge in [0.25, 0.3) is 5.91 Å². The van der Waals surface area contributed by atoms with Crippen molar-refractivity contribution in [2.75, 3.05) is 7.05 Å². The Labute approximate surface area is 125 Å². The van der Waals surface area contributed by atoms with Crippen LogP contribution in [0.3, 0.4) is 0 Å². The van der Waals surface area contributed by atoms with Crippen LogP contribution in [0.4, 0.5) is 0 Å².